The molecule has 5 rings (SSSR count). The number of nitrogens with one attached hydrogen (secondary N) is 1. The van der Waals surface area contributed by atoms with E-state index < -0.39 is 15.9 Å². The number of amides is 1. The minimum Gasteiger partial charge on any atom is -0.379 e. The van der Waals surface area contributed by atoms with Crippen molar-refractivity contribution in [3.8, 4) is 0 Å². The number of anilines is 1. The largest absolute Gasteiger partial charge is 0.379 e. The van der Waals surface area contributed by atoms with Crippen molar-refractivity contribution in [2.45, 2.75) is 24.3 Å². The zero-order valence-electron chi connectivity index (χ0n) is 17.3. The van der Waals surface area contributed by atoms with Crippen LogP contribution >= 0.6 is 0 Å². The van der Waals surface area contributed by atoms with Crippen LogP contribution in [-0.2, 0) is 27.7 Å². The molecule has 0 unspecified atom stereocenters. The average Bonchev–Trinajstić information content (AvgIpc) is 3.29. The summed E-state index contributed by atoms with van der Waals surface area (Å²) in [5, 5.41) is 3.20. The maximum Gasteiger partial charge on any atom is 0.261 e. The molecule has 0 atom stereocenters. The van der Waals surface area contributed by atoms with Crippen LogP contribution in [0.3, 0.4) is 0 Å². The summed E-state index contributed by atoms with van der Waals surface area (Å²) in [6.07, 6.45) is 1.68. The first-order valence-electron chi connectivity index (χ1n) is 10.5. The topological polar surface area (TPSA) is 111 Å². The molecule has 1 saturated heterocycles. The van der Waals surface area contributed by atoms with Gasteiger partial charge in [-0.25, -0.2) is 13.4 Å². The molecule has 3 aromatic rings. The number of hydrogen-bond donors (Lipinski definition) is 1. The molecular weight excluding hydrogens is 432 g/mol. The van der Waals surface area contributed by atoms with E-state index in [1.54, 1.807) is 34.9 Å². The van der Waals surface area contributed by atoms with Crippen LogP contribution in [0.15, 0.2) is 52.2 Å². The van der Waals surface area contributed by atoms with Crippen LogP contribution in [-0.4, -0.2) is 54.5 Å². The van der Waals surface area contributed by atoms with E-state index in [1.165, 1.54) is 16.4 Å². The van der Waals surface area contributed by atoms with Crippen molar-refractivity contribution >= 4 is 32.5 Å². The lowest BCUT2D eigenvalue weighted by Crippen LogP contribution is -2.40. The molecular formula is C22H22N4O5S. The number of carbonyl (C=O) groups is 1. The molecule has 0 spiro atoms. The fourth-order valence-corrected chi connectivity index (χ4v) is 5.55. The highest BCUT2D eigenvalue weighted by molar-refractivity contribution is 7.89. The Hall–Kier alpha value is -3.08. The van der Waals surface area contributed by atoms with E-state index in [-0.39, 0.29) is 29.1 Å². The number of carbonyl (C=O) groups excluding carboxylic acids is 1. The lowest BCUT2D eigenvalue weighted by Gasteiger charge is -2.26. The summed E-state index contributed by atoms with van der Waals surface area (Å²) >= 11 is 0. The minimum atomic E-state index is -3.71. The molecule has 32 heavy (non-hydrogen) atoms. The Kier molecular flexibility index (Phi) is 5.28. The molecule has 2 aromatic carbocycles. The summed E-state index contributed by atoms with van der Waals surface area (Å²) in [4.78, 5) is 30.2. The highest BCUT2D eigenvalue weighted by atomic mass is 32.2. The zero-order chi connectivity index (χ0) is 22.3. The fraction of sp³-hybridized carbons (Fsp3) is 0.318. The molecule has 9 nitrogen and oxygen atoms in total. The van der Waals surface area contributed by atoms with Crippen molar-refractivity contribution in [3.63, 3.8) is 0 Å². The summed E-state index contributed by atoms with van der Waals surface area (Å²) in [6.45, 7) is 1.91. The average molecular weight is 455 g/mol. The van der Waals surface area contributed by atoms with E-state index in [0.29, 0.717) is 36.3 Å². The van der Waals surface area contributed by atoms with Gasteiger partial charge in [-0.3, -0.25) is 14.2 Å². The number of nitrogens with zero attached hydrogens (tertiary/aromatic N) is 3. The molecule has 0 aliphatic carbocycles. The van der Waals surface area contributed by atoms with Gasteiger partial charge in [0.25, 0.3) is 11.5 Å². The first-order chi connectivity index (χ1) is 15.4. The molecule has 0 radical (unpaired) electrons. The standard InChI is InChI=1S/C22H22N4O5S/c27-21(15-3-1-4-17(13-15)32(29,30)25-9-11-31-12-10-25)23-16-6-7-19-18(14-16)22(28)26-8-2-5-20(26)24-19/h1,3-4,6-7,13-14H,2,5,8-12H2,(H,23,27). The number of fused-ring (bicyclic) bond motifs is 2. The SMILES string of the molecule is O=C(Nc1ccc2nc3n(c(=O)c2c1)CCC3)c1cccc(S(=O)(=O)N2CCOCC2)c1. The van der Waals surface area contributed by atoms with Gasteiger partial charge < -0.3 is 10.1 Å². The predicted molar refractivity (Wildman–Crippen MR) is 118 cm³/mol. The van der Waals surface area contributed by atoms with Crippen molar-refractivity contribution in [3.05, 3.63) is 64.2 Å². The Morgan fingerprint density at radius 2 is 1.88 bits per heavy atom. The number of morpholine rings is 1. The lowest BCUT2D eigenvalue weighted by atomic mass is 10.2. The van der Waals surface area contributed by atoms with E-state index in [4.69, 9.17) is 4.74 Å². The summed E-state index contributed by atoms with van der Waals surface area (Å²) in [7, 11) is -3.71. The van der Waals surface area contributed by atoms with Crippen LogP contribution < -0.4 is 10.9 Å². The van der Waals surface area contributed by atoms with E-state index in [0.717, 1.165) is 18.7 Å². The van der Waals surface area contributed by atoms with Gasteiger partial charge >= 0.3 is 0 Å². The summed E-state index contributed by atoms with van der Waals surface area (Å²) in [5.41, 5.74) is 1.14. The molecule has 1 N–H and O–H groups in total. The third kappa shape index (κ3) is 3.70. The van der Waals surface area contributed by atoms with Gasteiger partial charge in [-0.15, -0.1) is 0 Å². The van der Waals surface area contributed by atoms with Crippen molar-refractivity contribution in [1.29, 1.82) is 0 Å². The zero-order valence-corrected chi connectivity index (χ0v) is 18.1. The third-order valence-corrected chi connectivity index (χ3v) is 7.67. The van der Waals surface area contributed by atoms with E-state index in [1.807, 2.05) is 0 Å². The Balaban J connectivity index is 1.41. The predicted octanol–water partition coefficient (Wildman–Crippen LogP) is 1.62. The summed E-state index contributed by atoms with van der Waals surface area (Å²) in [5.74, 6) is 0.329. The van der Waals surface area contributed by atoms with Crippen molar-refractivity contribution < 1.29 is 17.9 Å². The van der Waals surface area contributed by atoms with E-state index in [2.05, 4.69) is 10.3 Å². The second-order valence-corrected chi connectivity index (χ2v) is 9.76. The van der Waals surface area contributed by atoms with Crippen LogP contribution in [0.1, 0.15) is 22.6 Å². The number of benzene rings is 2. The smallest absolute Gasteiger partial charge is 0.261 e. The summed E-state index contributed by atoms with van der Waals surface area (Å²) in [6, 6.07) is 11.0. The Labute approximate surface area is 184 Å². The third-order valence-electron chi connectivity index (χ3n) is 5.78. The normalized spacial score (nSPS) is 16.8. The minimum absolute atomic E-state index is 0.0589. The lowest BCUT2D eigenvalue weighted by molar-refractivity contribution is 0.0730. The van der Waals surface area contributed by atoms with E-state index in [9.17, 15) is 18.0 Å². The number of ether oxygens (including phenoxy) is 1. The van der Waals surface area contributed by atoms with Crippen LogP contribution in [0.25, 0.3) is 10.9 Å². The first kappa shape index (κ1) is 20.8. The maximum absolute atomic E-state index is 12.9. The van der Waals surface area contributed by atoms with E-state index >= 15 is 0 Å². The highest BCUT2D eigenvalue weighted by Gasteiger charge is 2.27. The first-order valence-corrected chi connectivity index (χ1v) is 11.9. The summed E-state index contributed by atoms with van der Waals surface area (Å²) < 4.78 is 34.0. The van der Waals surface area contributed by atoms with Crippen molar-refractivity contribution in [2.24, 2.45) is 0 Å². The molecule has 3 heterocycles. The second-order valence-electron chi connectivity index (χ2n) is 7.82. The van der Waals surface area contributed by atoms with Gasteiger partial charge in [0.2, 0.25) is 10.0 Å². The Morgan fingerprint density at radius 3 is 2.69 bits per heavy atom. The van der Waals surface area contributed by atoms with Gasteiger partial charge in [0.1, 0.15) is 5.82 Å². The highest BCUT2D eigenvalue weighted by Crippen LogP contribution is 2.21. The quantitative estimate of drug-likeness (QED) is 0.641. The van der Waals surface area contributed by atoms with Crippen molar-refractivity contribution in [2.75, 3.05) is 31.6 Å². The number of sulfonamides is 1. The van der Waals surface area contributed by atoms with Crippen molar-refractivity contribution in [1.82, 2.24) is 13.9 Å². The van der Waals surface area contributed by atoms with Crippen LogP contribution in [0, 0.1) is 0 Å². The molecule has 10 heteroatoms. The van der Waals surface area contributed by atoms with Gasteiger partial charge in [-0.1, -0.05) is 6.07 Å². The molecule has 166 valence electrons. The fourth-order valence-electron chi connectivity index (χ4n) is 4.10. The Morgan fingerprint density at radius 1 is 1.06 bits per heavy atom. The number of aromatic nitrogens is 2. The molecule has 2 aliphatic rings. The number of rotatable bonds is 4. The van der Waals surface area contributed by atoms with Crippen LogP contribution in [0.5, 0.6) is 0 Å². The monoisotopic (exact) mass is 454 g/mol. The molecule has 0 saturated carbocycles. The maximum atomic E-state index is 12.9. The number of hydrogen-bond acceptors (Lipinski definition) is 6. The molecule has 1 amide bonds. The molecule has 0 bridgehead atoms. The van der Waals surface area contributed by atoms with Gasteiger partial charge in [0, 0.05) is 37.3 Å². The molecule has 2 aliphatic heterocycles. The van der Waals surface area contributed by atoms with Crippen LogP contribution in [0.4, 0.5) is 5.69 Å². The van der Waals surface area contributed by atoms with Gasteiger partial charge in [-0.05, 0) is 42.8 Å². The number of aryl methyl sites for hydroxylation is 1. The molecule has 1 fully saturated rings. The Bertz CT molecular complexity index is 1380. The van der Waals surface area contributed by atoms with Gasteiger partial charge in [-0.2, -0.15) is 4.31 Å². The second kappa shape index (κ2) is 8.12. The van der Waals surface area contributed by atoms with Gasteiger partial charge in [0.15, 0.2) is 0 Å². The molecule has 1 aromatic heterocycles. The van der Waals surface area contributed by atoms with Gasteiger partial charge in [0.05, 0.1) is 29.0 Å². The van der Waals surface area contributed by atoms with Crippen LogP contribution in [0.2, 0.25) is 0 Å².